The van der Waals surface area contributed by atoms with Gasteiger partial charge in [0.1, 0.15) is 6.10 Å². The third-order valence-corrected chi connectivity index (χ3v) is 9.13. The number of hydrogen-bond donors (Lipinski definition) is 4. The first-order valence-electron chi connectivity index (χ1n) is 14.0. The second-order valence-corrected chi connectivity index (χ2v) is 12.2. The highest BCUT2D eigenvalue weighted by atomic mass is 32.2. The molecule has 0 aliphatic heterocycles. The number of rotatable bonds is 13. The van der Waals surface area contributed by atoms with Crippen molar-refractivity contribution < 1.29 is 23.1 Å². The summed E-state index contributed by atoms with van der Waals surface area (Å²) in [7, 11) is -4.16. The van der Waals surface area contributed by atoms with Crippen LogP contribution in [0.4, 0.5) is 0 Å². The molecule has 0 aliphatic rings. The van der Waals surface area contributed by atoms with E-state index < -0.39 is 51.7 Å². The van der Waals surface area contributed by atoms with E-state index in [0.717, 1.165) is 10.9 Å². The topological polar surface area (TPSA) is 139 Å². The Kier molecular flexibility index (Phi) is 10.2. The SMILES string of the molecule is CC[C@H](C)[C@H](NS(=O)(=O)c1cccc2ccccc12)C(=O)C(c1ccccc1)[C@H](N)[C@@H](O)C(=O)NCc1ccccc1. The Bertz CT molecular complexity index is 1610. The Hall–Kier alpha value is -3.89. The van der Waals surface area contributed by atoms with Crippen molar-refractivity contribution in [3.8, 4) is 0 Å². The smallest absolute Gasteiger partial charge is 0.250 e. The van der Waals surface area contributed by atoms with Crippen LogP contribution >= 0.6 is 0 Å². The highest BCUT2D eigenvalue weighted by Crippen LogP contribution is 2.29. The largest absolute Gasteiger partial charge is 0.382 e. The van der Waals surface area contributed by atoms with Crippen molar-refractivity contribution in [3.63, 3.8) is 0 Å². The van der Waals surface area contributed by atoms with E-state index in [2.05, 4.69) is 10.0 Å². The third-order valence-electron chi connectivity index (χ3n) is 7.63. The molecule has 0 aromatic heterocycles. The van der Waals surface area contributed by atoms with E-state index in [0.29, 0.717) is 17.4 Å². The van der Waals surface area contributed by atoms with Gasteiger partial charge in [-0.1, -0.05) is 117 Å². The lowest BCUT2D eigenvalue weighted by Gasteiger charge is -2.32. The summed E-state index contributed by atoms with van der Waals surface area (Å²) in [5.74, 6) is -2.83. The van der Waals surface area contributed by atoms with E-state index in [1.807, 2.05) is 55.5 Å². The summed E-state index contributed by atoms with van der Waals surface area (Å²) in [4.78, 5) is 27.3. The number of nitrogens with one attached hydrogen (secondary N) is 2. The molecule has 4 aromatic rings. The Balaban J connectivity index is 1.65. The standard InChI is InChI=1S/C33H37N3O5S/c1-3-22(2)30(36-42(40,41)27-20-12-18-24-15-10-11-19-26(24)27)31(37)28(25-16-8-5-9-17-25)29(34)32(38)33(39)35-21-23-13-6-4-7-14-23/h4-20,22,28-30,32,36,38H,3,21,34H2,1-2H3,(H,35,39)/t22-,28?,29-,30-,32+/m0/s1. The number of aliphatic hydroxyl groups excluding tert-OH is 1. The van der Waals surface area contributed by atoms with Crippen molar-refractivity contribution in [2.45, 2.75) is 55.8 Å². The molecule has 9 heteroatoms. The minimum absolute atomic E-state index is 0.0580. The molecule has 5 N–H and O–H groups in total. The maximum absolute atomic E-state index is 14.3. The van der Waals surface area contributed by atoms with Gasteiger partial charge in [-0.05, 0) is 28.5 Å². The van der Waals surface area contributed by atoms with Crippen LogP contribution in [0, 0.1) is 5.92 Å². The quantitative estimate of drug-likeness (QED) is 0.187. The molecule has 0 spiro atoms. The number of carbonyl (C=O) groups excluding carboxylic acids is 2. The molecule has 0 aliphatic carbocycles. The molecule has 4 aromatic carbocycles. The summed E-state index contributed by atoms with van der Waals surface area (Å²) in [6.07, 6.45) is -1.24. The van der Waals surface area contributed by atoms with E-state index in [9.17, 15) is 23.1 Å². The van der Waals surface area contributed by atoms with E-state index >= 15 is 0 Å². The van der Waals surface area contributed by atoms with Gasteiger partial charge in [-0.15, -0.1) is 0 Å². The number of amides is 1. The van der Waals surface area contributed by atoms with Gasteiger partial charge in [-0.3, -0.25) is 9.59 Å². The summed E-state index contributed by atoms with van der Waals surface area (Å²) in [5.41, 5.74) is 7.79. The first-order chi connectivity index (χ1) is 20.1. The molecule has 4 rings (SSSR count). The van der Waals surface area contributed by atoms with Crippen LogP contribution in [0.25, 0.3) is 10.8 Å². The van der Waals surface area contributed by atoms with Crippen LogP contribution in [0.1, 0.15) is 37.3 Å². The van der Waals surface area contributed by atoms with E-state index in [1.165, 1.54) is 6.07 Å². The van der Waals surface area contributed by atoms with Gasteiger partial charge in [0, 0.05) is 11.9 Å². The molecule has 0 saturated heterocycles. The van der Waals surface area contributed by atoms with Crippen LogP contribution in [-0.4, -0.2) is 43.4 Å². The molecule has 42 heavy (non-hydrogen) atoms. The molecule has 8 nitrogen and oxygen atoms in total. The second-order valence-electron chi connectivity index (χ2n) is 10.5. The van der Waals surface area contributed by atoms with Gasteiger partial charge in [0.15, 0.2) is 5.78 Å². The predicted molar refractivity (Wildman–Crippen MR) is 164 cm³/mol. The summed E-state index contributed by atoms with van der Waals surface area (Å²) < 4.78 is 30.2. The van der Waals surface area contributed by atoms with Crippen LogP contribution in [-0.2, 0) is 26.2 Å². The minimum atomic E-state index is -4.16. The number of sulfonamides is 1. The van der Waals surface area contributed by atoms with Crippen molar-refractivity contribution in [1.82, 2.24) is 10.0 Å². The summed E-state index contributed by atoms with van der Waals surface area (Å²) in [6.45, 7) is 3.82. The average Bonchev–Trinajstić information content (AvgIpc) is 3.02. The molecule has 1 unspecified atom stereocenters. The molecule has 220 valence electrons. The zero-order chi connectivity index (χ0) is 30.3. The van der Waals surface area contributed by atoms with Crippen LogP contribution in [0.5, 0.6) is 0 Å². The Morgan fingerprint density at radius 1 is 0.857 bits per heavy atom. The maximum Gasteiger partial charge on any atom is 0.250 e. The predicted octanol–water partition coefficient (Wildman–Crippen LogP) is 3.89. The Morgan fingerprint density at radius 3 is 2.12 bits per heavy atom. The number of hydrogen-bond acceptors (Lipinski definition) is 6. The van der Waals surface area contributed by atoms with Crippen LogP contribution in [0.15, 0.2) is 108 Å². The lowest BCUT2D eigenvalue weighted by Crippen LogP contribution is -2.55. The first kappa shape index (κ1) is 31.1. The molecular weight excluding hydrogens is 550 g/mol. The fourth-order valence-corrected chi connectivity index (χ4v) is 6.57. The van der Waals surface area contributed by atoms with Crippen molar-refractivity contribution in [1.29, 1.82) is 0 Å². The molecule has 1 amide bonds. The fraction of sp³-hybridized carbons (Fsp3) is 0.273. The van der Waals surface area contributed by atoms with Gasteiger partial charge in [0.25, 0.3) is 5.91 Å². The number of carbonyl (C=O) groups is 2. The number of aliphatic hydroxyl groups is 1. The van der Waals surface area contributed by atoms with Gasteiger partial charge in [0.2, 0.25) is 10.0 Å². The number of nitrogens with two attached hydrogens (primary N) is 1. The van der Waals surface area contributed by atoms with E-state index in [-0.39, 0.29) is 11.4 Å². The Morgan fingerprint density at radius 2 is 1.45 bits per heavy atom. The zero-order valence-corrected chi connectivity index (χ0v) is 24.5. The molecule has 0 bridgehead atoms. The maximum atomic E-state index is 14.3. The number of Topliss-reactive ketones (excluding diaryl/α,β-unsaturated/α-hetero) is 1. The monoisotopic (exact) mass is 587 g/mol. The first-order valence-corrected chi connectivity index (χ1v) is 15.5. The molecule has 0 radical (unpaired) electrons. The molecule has 0 fully saturated rings. The Labute approximate surface area is 247 Å². The zero-order valence-electron chi connectivity index (χ0n) is 23.7. The van der Waals surface area contributed by atoms with Crippen LogP contribution in [0.2, 0.25) is 0 Å². The average molecular weight is 588 g/mol. The van der Waals surface area contributed by atoms with Crippen molar-refractivity contribution in [2.24, 2.45) is 11.7 Å². The molecule has 0 heterocycles. The van der Waals surface area contributed by atoms with E-state index in [1.54, 1.807) is 55.5 Å². The van der Waals surface area contributed by atoms with Gasteiger partial charge < -0.3 is 16.2 Å². The van der Waals surface area contributed by atoms with Crippen LogP contribution < -0.4 is 15.8 Å². The summed E-state index contributed by atoms with van der Waals surface area (Å²) in [6, 6.07) is 27.4. The van der Waals surface area contributed by atoms with Gasteiger partial charge in [0.05, 0.1) is 22.9 Å². The normalized spacial score (nSPS) is 15.3. The van der Waals surface area contributed by atoms with Gasteiger partial charge in [-0.2, -0.15) is 0 Å². The molecule has 5 atom stereocenters. The third kappa shape index (κ3) is 7.11. The number of benzene rings is 4. The van der Waals surface area contributed by atoms with Crippen LogP contribution in [0.3, 0.4) is 0 Å². The highest BCUT2D eigenvalue weighted by Gasteiger charge is 2.41. The lowest BCUT2D eigenvalue weighted by atomic mass is 9.79. The highest BCUT2D eigenvalue weighted by molar-refractivity contribution is 7.89. The van der Waals surface area contributed by atoms with Gasteiger partial charge in [-0.25, -0.2) is 13.1 Å². The second kappa shape index (κ2) is 13.8. The van der Waals surface area contributed by atoms with Gasteiger partial charge >= 0.3 is 0 Å². The summed E-state index contributed by atoms with van der Waals surface area (Å²) in [5, 5.41) is 15.0. The van der Waals surface area contributed by atoms with Crippen molar-refractivity contribution in [3.05, 3.63) is 114 Å². The number of ketones is 1. The fourth-order valence-electron chi connectivity index (χ4n) is 5.03. The lowest BCUT2D eigenvalue weighted by molar-refractivity contribution is -0.132. The van der Waals surface area contributed by atoms with E-state index in [4.69, 9.17) is 5.73 Å². The molecule has 0 saturated carbocycles. The number of fused-ring (bicyclic) bond motifs is 1. The van der Waals surface area contributed by atoms with Crippen molar-refractivity contribution in [2.75, 3.05) is 0 Å². The van der Waals surface area contributed by atoms with Crippen molar-refractivity contribution >= 4 is 32.5 Å². The molecular formula is C33H37N3O5S. The minimum Gasteiger partial charge on any atom is -0.382 e. The summed E-state index contributed by atoms with van der Waals surface area (Å²) >= 11 is 0.